The lowest BCUT2D eigenvalue weighted by Crippen LogP contribution is -2.48. The molecule has 0 aromatic heterocycles. The SMILES string of the molecule is O=C=NCC1CCCCN1C1CCCCC1. The number of nitrogens with zero attached hydrogens (tertiary/aromatic N) is 2. The summed E-state index contributed by atoms with van der Waals surface area (Å²) >= 11 is 0. The standard InChI is InChI=1S/C13H22N2O/c16-11-14-10-13-8-4-5-9-15(13)12-6-2-1-3-7-12/h12-13H,1-10H2. The van der Waals surface area contributed by atoms with Crippen molar-refractivity contribution >= 4 is 6.08 Å². The third-order valence-electron chi connectivity index (χ3n) is 4.08. The van der Waals surface area contributed by atoms with Crippen molar-refractivity contribution in [3.8, 4) is 0 Å². The highest BCUT2D eigenvalue weighted by Crippen LogP contribution is 2.28. The Morgan fingerprint density at radius 3 is 2.56 bits per heavy atom. The zero-order chi connectivity index (χ0) is 11.2. The van der Waals surface area contributed by atoms with Crippen molar-refractivity contribution in [2.24, 2.45) is 4.99 Å². The van der Waals surface area contributed by atoms with Gasteiger partial charge >= 0.3 is 0 Å². The highest BCUT2D eigenvalue weighted by atomic mass is 16.1. The summed E-state index contributed by atoms with van der Waals surface area (Å²) < 4.78 is 0. The summed E-state index contributed by atoms with van der Waals surface area (Å²) in [6.07, 6.45) is 12.4. The van der Waals surface area contributed by atoms with Crippen LogP contribution in [-0.4, -0.2) is 36.2 Å². The third-order valence-corrected chi connectivity index (χ3v) is 4.08. The van der Waals surface area contributed by atoms with Crippen molar-refractivity contribution in [2.45, 2.75) is 63.5 Å². The second-order valence-electron chi connectivity index (χ2n) is 5.11. The lowest BCUT2D eigenvalue weighted by molar-refractivity contribution is 0.0770. The van der Waals surface area contributed by atoms with Gasteiger partial charge < -0.3 is 0 Å². The molecule has 0 N–H and O–H groups in total. The fraction of sp³-hybridized carbons (Fsp3) is 0.923. The fourth-order valence-corrected chi connectivity index (χ4v) is 3.25. The van der Waals surface area contributed by atoms with E-state index in [4.69, 9.17) is 0 Å². The molecule has 1 aliphatic carbocycles. The maximum Gasteiger partial charge on any atom is 0.234 e. The second kappa shape index (κ2) is 6.17. The van der Waals surface area contributed by atoms with E-state index in [1.807, 2.05) is 0 Å². The molecule has 1 heterocycles. The summed E-state index contributed by atoms with van der Waals surface area (Å²) in [6, 6.07) is 1.28. The first-order valence-electron chi connectivity index (χ1n) is 6.71. The normalized spacial score (nSPS) is 28.6. The zero-order valence-corrected chi connectivity index (χ0v) is 10.0. The van der Waals surface area contributed by atoms with Gasteiger partial charge in [-0.05, 0) is 32.2 Å². The van der Waals surface area contributed by atoms with E-state index in [1.165, 1.54) is 57.9 Å². The molecule has 2 fully saturated rings. The summed E-state index contributed by atoms with van der Waals surface area (Å²) in [5.74, 6) is 0. The number of carbonyl (C=O) groups excluding carboxylic acids is 1. The molecule has 1 saturated carbocycles. The minimum Gasteiger partial charge on any atom is -0.296 e. The van der Waals surface area contributed by atoms with Gasteiger partial charge in [0.15, 0.2) is 0 Å². The molecule has 3 heteroatoms. The summed E-state index contributed by atoms with van der Waals surface area (Å²) in [7, 11) is 0. The highest BCUT2D eigenvalue weighted by molar-refractivity contribution is 5.32. The van der Waals surface area contributed by atoms with Crippen molar-refractivity contribution in [1.29, 1.82) is 0 Å². The molecule has 1 unspecified atom stereocenters. The molecule has 1 aliphatic heterocycles. The molecule has 3 nitrogen and oxygen atoms in total. The Morgan fingerprint density at radius 2 is 1.81 bits per heavy atom. The van der Waals surface area contributed by atoms with Crippen LogP contribution in [0, 0.1) is 0 Å². The number of likely N-dealkylation sites (tertiary alicyclic amines) is 1. The van der Waals surface area contributed by atoms with E-state index in [0.29, 0.717) is 12.6 Å². The molecular weight excluding hydrogens is 200 g/mol. The van der Waals surface area contributed by atoms with E-state index in [-0.39, 0.29) is 0 Å². The van der Waals surface area contributed by atoms with E-state index in [2.05, 4.69) is 9.89 Å². The van der Waals surface area contributed by atoms with Gasteiger partial charge in [-0.2, -0.15) is 0 Å². The van der Waals surface area contributed by atoms with Crippen molar-refractivity contribution in [1.82, 2.24) is 4.90 Å². The van der Waals surface area contributed by atoms with Crippen LogP contribution in [0.25, 0.3) is 0 Å². The van der Waals surface area contributed by atoms with Crippen LogP contribution in [-0.2, 0) is 4.79 Å². The van der Waals surface area contributed by atoms with Gasteiger partial charge in [0, 0.05) is 12.1 Å². The van der Waals surface area contributed by atoms with Crippen LogP contribution in [0.1, 0.15) is 51.4 Å². The van der Waals surface area contributed by atoms with Crippen LogP contribution >= 0.6 is 0 Å². The number of piperidine rings is 1. The third kappa shape index (κ3) is 2.93. The molecule has 0 radical (unpaired) electrons. The smallest absolute Gasteiger partial charge is 0.234 e. The van der Waals surface area contributed by atoms with Crippen LogP contribution in [0.15, 0.2) is 4.99 Å². The van der Waals surface area contributed by atoms with Crippen LogP contribution in [0.3, 0.4) is 0 Å². The van der Waals surface area contributed by atoms with E-state index in [0.717, 1.165) is 6.04 Å². The van der Waals surface area contributed by atoms with E-state index in [1.54, 1.807) is 6.08 Å². The predicted octanol–water partition coefficient (Wildman–Crippen LogP) is 2.51. The van der Waals surface area contributed by atoms with Crippen molar-refractivity contribution < 1.29 is 4.79 Å². The second-order valence-corrected chi connectivity index (χ2v) is 5.11. The Labute approximate surface area is 97.9 Å². The predicted molar refractivity (Wildman–Crippen MR) is 64.2 cm³/mol. The molecule has 1 atom stereocenters. The first kappa shape index (κ1) is 11.8. The number of rotatable bonds is 3. The van der Waals surface area contributed by atoms with Gasteiger partial charge in [-0.15, -0.1) is 0 Å². The maximum absolute atomic E-state index is 10.2. The van der Waals surface area contributed by atoms with E-state index < -0.39 is 0 Å². The van der Waals surface area contributed by atoms with E-state index >= 15 is 0 Å². The topological polar surface area (TPSA) is 32.7 Å². The quantitative estimate of drug-likeness (QED) is 0.543. The Bertz CT molecular complexity index is 255. The number of hydrogen-bond acceptors (Lipinski definition) is 3. The molecule has 0 spiro atoms. The monoisotopic (exact) mass is 222 g/mol. The highest BCUT2D eigenvalue weighted by Gasteiger charge is 2.29. The largest absolute Gasteiger partial charge is 0.296 e. The Kier molecular flexibility index (Phi) is 4.55. The van der Waals surface area contributed by atoms with Gasteiger partial charge in [0.25, 0.3) is 0 Å². The summed E-state index contributed by atoms with van der Waals surface area (Å²) in [5.41, 5.74) is 0. The van der Waals surface area contributed by atoms with Crippen molar-refractivity contribution in [3.63, 3.8) is 0 Å². The minimum atomic E-state index is 0.512. The first-order chi connectivity index (χ1) is 7.92. The Morgan fingerprint density at radius 1 is 1.06 bits per heavy atom. The fourth-order valence-electron chi connectivity index (χ4n) is 3.25. The molecule has 0 bridgehead atoms. The van der Waals surface area contributed by atoms with Gasteiger partial charge in [-0.3, -0.25) is 4.90 Å². The molecule has 2 aliphatic rings. The van der Waals surface area contributed by atoms with Gasteiger partial charge in [-0.25, -0.2) is 9.79 Å². The average molecular weight is 222 g/mol. The molecule has 16 heavy (non-hydrogen) atoms. The Balaban J connectivity index is 1.94. The van der Waals surface area contributed by atoms with Crippen LogP contribution in [0.2, 0.25) is 0 Å². The minimum absolute atomic E-state index is 0.512. The van der Waals surface area contributed by atoms with Crippen LogP contribution in [0.4, 0.5) is 0 Å². The molecule has 90 valence electrons. The molecule has 2 rings (SSSR count). The van der Waals surface area contributed by atoms with Crippen LogP contribution < -0.4 is 0 Å². The van der Waals surface area contributed by atoms with Gasteiger partial charge in [0.2, 0.25) is 6.08 Å². The lowest BCUT2D eigenvalue weighted by atomic mass is 9.90. The molecular formula is C13H22N2O. The molecule has 0 amide bonds. The summed E-state index contributed by atoms with van der Waals surface area (Å²) in [5, 5.41) is 0. The molecule has 0 aromatic carbocycles. The van der Waals surface area contributed by atoms with E-state index in [9.17, 15) is 4.79 Å². The summed E-state index contributed by atoms with van der Waals surface area (Å²) in [4.78, 5) is 16.6. The van der Waals surface area contributed by atoms with Gasteiger partial charge in [-0.1, -0.05) is 25.7 Å². The lowest BCUT2D eigenvalue weighted by Gasteiger charge is -2.42. The molecule has 0 aromatic rings. The van der Waals surface area contributed by atoms with Crippen LogP contribution in [0.5, 0.6) is 0 Å². The summed E-state index contributed by atoms with van der Waals surface area (Å²) in [6.45, 7) is 1.88. The Hall–Kier alpha value is -0.660. The number of aliphatic imine (C=N–C) groups is 1. The number of isocyanates is 1. The maximum atomic E-state index is 10.2. The van der Waals surface area contributed by atoms with Crippen molar-refractivity contribution in [3.05, 3.63) is 0 Å². The van der Waals surface area contributed by atoms with Gasteiger partial charge in [0.1, 0.15) is 0 Å². The number of hydrogen-bond donors (Lipinski definition) is 0. The average Bonchev–Trinajstić information content (AvgIpc) is 2.38. The first-order valence-corrected chi connectivity index (χ1v) is 6.71. The van der Waals surface area contributed by atoms with Gasteiger partial charge in [0.05, 0.1) is 6.54 Å². The molecule has 1 saturated heterocycles. The zero-order valence-electron chi connectivity index (χ0n) is 10.0. The van der Waals surface area contributed by atoms with Crippen molar-refractivity contribution in [2.75, 3.05) is 13.1 Å².